The Bertz CT molecular complexity index is 745. The highest BCUT2D eigenvalue weighted by atomic mass is 19.1. The SMILES string of the molecule is CCN(CC)C(=O)c1cccc(NC(=O)COc2ccccc2F)c1. The Morgan fingerprint density at radius 2 is 1.80 bits per heavy atom. The molecular weight excluding hydrogens is 323 g/mol. The summed E-state index contributed by atoms with van der Waals surface area (Å²) in [5.41, 5.74) is 0.983. The van der Waals surface area contributed by atoms with Gasteiger partial charge in [-0.15, -0.1) is 0 Å². The fraction of sp³-hybridized carbons (Fsp3) is 0.263. The number of ether oxygens (including phenoxy) is 1. The third-order valence-corrected chi connectivity index (χ3v) is 3.64. The molecule has 0 saturated heterocycles. The van der Waals surface area contributed by atoms with Crippen molar-refractivity contribution in [1.29, 1.82) is 0 Å². The molecule has 0 radical (unpaired) electrons. The molecule has 25 heavy (non-hydrogen) atoms. The number of benzene rings is 2. The summed E-state index contributed by atoms with van der Waals surface area (Å²) in [4.78, 5) is 26.0. The van der Waals surface area contributed by atoms with E-state index in [0.29, 0.717) is 24.3 Å². The van der Waals surface area contributed by atoms with Crippen molar-refractivity contribution in [3.8, 4) is 5.75 Å². The summed E-state index contributed by atoms with van der Waals surface area (Å²) in [5, 5.41) is 2.64. The molecule has 1 N–H and O–H groups in total. The lowest BCUT2D eigenvalue weighted by Gasteiger charge is -2.19. The van der Waals surface area contributed by atoms with Gasteiger partial charge in [0.2, 0.25) is 0 Å². The van der Waals surface area contributed by atoms with E-state index in [2.05, 4.69) is 5.32 Å². The maximum atomic E-state index is 13.5. The van der Waals surface area contributed by atoms with Crippen LogP contribution < -0.4 is 10.1 Å². The number of hydrogen-bond acceptors (Lipinski definition) is 3. The van der Waals surface area contributed by atoms with E-state index in [1.165, 1.54) is 12.1 Å². The zero-order valence-electron chi connectivity index (χ0n) is 14.3. The topological polar surface area (TPSA) is 58.6 Å². The van der Waals surface area contributed by atoms with Gasteiger partial charge in [0.1, 0.15) is 0 Å². The molecule has 0 aliphatic carbocycles. The molecule has 132 valence electrons. The number of nitrogens with one attached hydrogen (secondary N) is 1. The van der Waals surface area contributed by atoms with E-state index in [1.54, 1.807) is 41.3 Å². The zero-order chi connectivity index (χ0) is 18.2. The Kier molecular flexibility index (Phi) is 6.51. The smallest absolute Gasteiger partial charge is 0.262 e. The average molecular weight is 344 g/mol. The van der Waals surface area contributed by atoms with Crippen LogP contribution in [0.5, 0.6) is 5.75 Å². The van der Waals surface area contributed by atoms with Crippen LogP contribution >= 0.6 is 0 Å². The molecule has 2 rings (SSSR count). The van der Waals surface area contributed by atoms with Gasteiger partial charge in [0.25, 0.3) is 11.8 Å². The molecule has 0 aliphatic heterocycles. The Labute approximate surface area is 146 Å². The molecule has 2 aromatic rings. The summed E-state index contributed by atoms with van der Waals surface area (Å²) in [6, 6.07) is 12.6. The van der Waals surface area contributed by atoms with Gasteiger partial charge in [-0.1, -0.05) is 18.2 Å². The maximum absolute atomic E-state index is 13.5. The van der Waals surface area contributed by atoms with Crippen LogP contribution in [-0.4, -0.2) is 36.4 Å². The first kappa shape index (κ1) is 18.4. The van der Waals surface area contributed by atoms with Crippen LogP contribution in [-0.2, 0) is 4.79 Å². The molecule has 0 unspecified atom stereocenters. The molecule has 0 atom stereocenters. The Morgan fingerprint density at radius 1 is 1.08 bits per heavy atom. The Balaban J connectivity index is 1.98. The highest BCUT2D eigenvalue weighted by molar-refractivity contribution is 5.97. The minimum atomic E-state index is -0.526. The van der Waals surface area contributed by atoms with Gasteiger partial charge in [-0.3, -0.25) is 9.59 Å². The number of halogens is 1. The van der Waals surface area contributed by atoms with E-state index in [4.69, 9.17) is 4.74 Å². The van der Waals surface area contributed by atoms with Crippen molar-refractivity contribution in [2.45, 2.75) is 13.8 Å². The third kappa shape index (κ3) is 5.04. The highest BCUT2D eigenvalue weighted by Gasteiger charge is 2.13. The van der Waals surface area contributed by atoms with Crippen molar-refractivity contribution in [1.82, 2.24) is 4.90 Å². The van der Waals surface area contributed by atoms with Crippen LogP contribution in [0.4, 0.5) is 10.1 Å². The quantitative estimate of drug-likeness (QED) is 0.838. The maximum Gasteiger partial charge on any atom is 0.262 e. The molecule has 6 heteroatoms. The van der Waals surface area contributed by atoms with Crippen LogP contribution in [0.2, 0.25) is 0 Å². The average Bonchev–Trinajstić information content (AvgIpc) is 2.62. The van der Waals surface area contributed by atoms with Crippen molar-refractivity contribution >= 4 is 17.5 Å². The van der Waals surface area contributed by atoms with Crippen molar-refractivity contribution in [3.63, 3.8) is 0 Å². The molecule has 2 amide bonds. The molecule has 0 aliphatic rings. The van der Waals surface area contributed by atoms with Crippen molar-refractivity contribution in [2.75, 3.05) is 25.0 Å². The minimum Gasteiger partial charge on any atom is -0.481 e. The highest BCUT2D eigenvalue weighted by Crippen LogP contribution is 2.16. The second-order valence-corrected chi connectivity index (χ2v) is 5.33. The third-order valence-electron chi connectivity index (χ3n) is 3.64. The lowest BCUT2D eigenvalue weighted by atomic mass is 10.1. The second kappa shape index (κ2) is 8.82. The summed E-state index contributed by atoms with van der Waals surface area (Å²) in [6.45, 7) is 4.72. The molecule has 0 heterocycles. The Morgan fingerprint density at radius 3 is 2.48 bits per heavy atom. The van der Waals surface area contributed by atoms with E-state index < -0.39 is 11.7 Å². The first-order chi connectivity index (χ1) is 12.0. The Hall–Kier alpha value is -2.89. The van der Waals surface area contributed by atoms with Crippen LogP contribution in [0.25, 0.3) is 0 Å². The molecule has 0 aromatic heterocycles. The molecular formula is C19H21FN2O3. The number of carbonyl (C=O) groups is 2. The molecule has 0 spiro atoms. The number of amides is 2. The normalized spacial score (nSPS) is 10.2. The zero-order valence-corrected chi connectivity index (χ0v) is 14.3. The van der Waals surface area contributed by atoms with Gasteiger partial charge in [-0.25, -0.2) is 4.39 Å². The largest absolute Gasteiger partial charge is 0.481 e. The number of rotatable bonds is 7. The van der Waals surface area contributed by atoms with E-state index in [9.17, 15) is 14.0 Å². The van der Waals surface area contributed by atoms with Gasteiger partial charge >= 0.3 is 0 Å². The number of para-hydroxylation sites is 1. The predicted molar refractivity (Wildman–Crippen MR) is 94.2 cm³/mol. The molecule has 2 aromatic carbocycles. The number of hydrogen-bond donors (Lipinski definition) is 1. The van der Waals surface area contributed by atoms with Crippen LogP contribution in [0.3, 0.4) is 0 Å². The summed E-state index contributed by atoms with van der Waals surface area (Å²) in [7, 11) is 0. The first-order valence-corrected chi connectivity index (χ1v) is 8.11. The molecule has 0 fully saturated rings. The van der Waals surface area contributed by atoms with E-state index >= 15 is 0 Å². The standard InChI is InChI=1S/C19H21FN2O3/c1-3-22(4-2)19(24)14-8-7-9-15(12-14)21-18(23)13-25-17-11-6-5-10-16(17)20/h5-12H,3-4,13H2,1-2H3,(H,21,23). The second-order valence-electron chi connectivity index (χ2n) is 5.33. The summed E-state index contributed by atoms with van der Waals surface area (Å²) in [6.07, 6.45) is 0. The molecule has 5 nitrogen and oxygen atoms in total. The summed E-state index contributed by atoms with van der Waals surface area (Å²) >= 11 is 0. The minimum absolute atomic E-state index is 0.0168. The molecule has 0 saturated carbocycles. The number of anilines is 1. The van der Waals surface area contributed by atoms with Gasteiger partial charge in [0.05, 0.1) is 0 Å². The van der Waals surface area contributed by atoms with E-state index in [1.807, 2.05) is 13.8 Å². The summed E-state index contributed by atoms with van der Waals surface area (Å²) in [5.74, 6) is -1.04. The van der Waals surface area contributed by atoms with Crippen molar-refractivity contribution < 1.29 is 18.7 Å². The van der Waals surface area contributed by atoms with Crippen LogP contribution in [0.15, 0.2) is 48.5 Å². The lowest BCUT2D eigenvalue weighted by Crippen LogP contribution is -2.30. The van der Waals surface area contributed by atoms with E-state index in [0.717, 1.165) is 0 Å². The van der Waals surface area contributed by atoms with Gasteiger partial charge in [0.15, 0.2) is 18.2 Å². The van der Waals surface area contributed by atoms with E-state index in [-0.39, 0.29) is 18.3 Å². The fourth-order valence-electron chi connectivity index (χ4n) is 2.33. The number of nitrogens with zero attached hydrogens (tertiary/aromatic N) is 1. The van der Waals surface area contributed by atoms with Crippen LogP contribution in [0, 0.1) is 5.82 Å². The lowest BCUT2D eigenvalue weighted by molar-refractivity contribution is -0.118. The van der Waals surface area contributed by atoms with Crippen molar-refractivity contribution in [3.05, 3.63) is 59.9 Å². The molecule has 0 bridgehead atoms. The first-order valence-electron chi connectivity index (χ1n) is 8.11. The van der Waals surface area contributed by atoms with Gasteiger partial charge in [-0.05, 0) is 44.2 Å². The van der Waals surface area contributed by atoms with Crippen molar-refractivity contribution in [2.24, 2.45) is 0 Å². The van der Waals surface area contributed by atoms with Crippen LogP contribution in [0.1, 0.15) is 24.2 Å². The van der Waals surface area contributed by atoms with Gasteiger partial charge < -0.3 is 15.0 Å². The number of carbonyl (C=O) groups excluding carboxylic acids is 2. The van der Waals surface area contributed by atoms with Gasteiger partial charge in [0, 0.05) is 24.3 Å². The predicted octanol–water partition coefficient (Wildman–Crippen LogP) is 3.33. The van der Waals surface area contributed by atoms with Gasteiger partial charge in [-0.2, -0.15) is 0 Å². The summed E-state index contributed by atoms with van der Waals surface area (Å²) < 4.78 is 18.6. The fourth-order valence-corrected chi connectivity index (χ4v) is 2.33. The monoisotopic (exact) mass is 344 g/mol.